The SMILES string of the molecule is CC(C)c1cc(C(C)C)c(S(=O)(=O)N=c2sccn2C)c(C(C)C)c1. The highest BCUT2D eigenvalue weighted by atomic mass is 32.2. The number of hydrogen-bond acceptors (Lipinski definition) is 3. The van der Waals surface area contributed by atoms with Gasteiger partial charge in [0.1, 0.15) is 0 Å². The third kappa shape index (κ3) is 4.23. The second kappa shape index (κ2) is 7.46. The predicted octanol–water partition coefficient (Wildman–Crippen LogP) is 4.75. The Labute approximate surface area is 155 Å². The fourth-order valence-electron chi connectivity index (χ4n) is 2.75. The van der Waals surface area contributed by atoms with Gasteiger partial charge < -0.3 is 4.57 Å². The number of hydrogen-bond donors (Lipinski definition) is 0. The molecule has 0 radical (unpaired) electrons. The van der Waals surface area contributed by atoms with E-state index in [2.05, 4.69) is 18.2 Å². The van der Waals surface area contributed by atoms with Crippen molar-refractivity contribution >= 4 is 21.4 Å². The maximum Gasteiger partial charge on any atom is 0.285 e. The molecule has 0 aliphatic heterocycles. The molecule has 138 valence electrons. The molecular formula is C19H28N2O2S2. The molecule has 1 heterocycles. The van der Waals surface area contributed by atoms with Crippen molar-refractivity contribution in [3.63, 3.8) is 0 Å². The van der Waals surface area contributed by atoms with Crippen LogP contribution in [0.2, 0.25) is 0 Å². The summed E-state index contributed by atoms with van der Waals surface area (Å²) < 4.78 is 32.3. The Morgan fingerprint density at radius 2 is 1.48 bits per heavy atom. The van der Waals surface area contributed by atoms with Gasteiger partial charge in [-0.2, -0.15) is 8.42 Å². The zero-order chi connectivity index (χ0) is 18.9. The van der Waals surface area contributed by atoms with E-state index < -0.39 is 10.0 Å². The molecule has 1 aromatic heterocycles. The Morgan fingerprint density at radius 3 is 1.84 bits per heavy atom. The topological polar surface area (TPSA) is 51.4 Å². The lowest BCUT2D eigenvalue weighted by atomic mass is 9.89. The van der Waals surface area contributed by atoms with Crippen molar-refractivity contribution < 1.29 is 8.42 Å². The van der Waals surface area contributed by atoms with Crippen molar-refractivity contribution in [2.45, 2.75) is 64.2 Å². The second-order valence-electron chi connectivity index (χ2n) is 7.36. The molecule has 0 fully saturated rings. The van der Waals surface area contributed by atoms with E-state index in [1.54, 1.807) is 11.6 Å². The standard InChI is InChI=1S/C19H28N2O2S2/c1-12(2)15-10-16(13(3)4)18(17(11-15)14(5)6)25(22,23)20-19-21(7)8-9-24-19/h8-14H,1-7H3. The van der Waals surface area contributed by atoms with Crippen LogP contribution < -0.4 is 4.80 Å². The molecule has 25 heavy (non-hydrogen) atoms. The highest BCUT2D eigenvalue weighted by Crippen LogP contribution is 2.35. The lowest BCUT2D eigenvalue weighted by Gasteiger charge is -2.21. The van der Waals surface area contributed by atoms with Gasteiger partial charge in [0.25, 0.3) is 10.0 Å². The van der Waals surface area contributed by atoms with Crippen molar-refractivity contribution in [1.82, 2.24) is 4.57 Å². The summed E-state index contributed by atoms with van der Waals surface area (Å²) in [6.07, 6.45) is 1.81. The van der Waals surface area contributed by atoms with Gasteiger partial charge in [-0.05, 0) is 34.4 Å². The first-order chi connectivity index (χ1) is 11.5. The zero-order valence-corrected chi connectivity index (χ0v) is 17.7. The molecule has 0 aliphatic carbocycles. The highest BCUT2D eigenvalue weighted by Gasteiger charge is 2.26. The van der Waals surface area contributed by atoms with Crippen LogP contribution in [0.25, 0.3) is 0 Å². The molecule has 2 rings (SSSR count). The first-order valence-electron chi connectivity index (χ1n) is 8.63. The summed E-state index contributed by atoms with van der Waals surface area (Å²) >= 11 is 1.32. The summed E-state index contributed by atoms with van der Waals surface area (Å²) in [6, 6.07) is 4.08. The van der Waals surface area contributed by atoms with Crippen LogP contribution in [0.5, 0.6) is 0 Å². The van der Waals surface area contributed by atoms with Crippen molar-refractivity contribution in [1.29, 1.82) is 0 Å². The van der Waals surface area contributed by atoms with Crippen LogP contribution in [0, 0.1) is 0 Å². The van der Waals surface area contributed by atoms with Gasteiger partial charge in [0.15, 0.2) is 0 Å². The first-order valence-corrected chi connectivity index (χ1v) is 11.0. The van der Waals surface area contributed by atoms with Crippen molar-refractivity contribution in [2.24, 2.45) is 11.4 Å². The van der Waals surface area contributed by atoms with Gasteiger partial charge in [-0.1, -0.05) is 53.7 Å². The van der Waals surface area contributed by atoms with E-state index in [0.717, 1.165) is 11.1 Å². The molecule has 0 aliphatic rings. The molecule has 0 spiro atoms. The highest BCUT2D eigenvalue weighted by molar-refractivity contribution is 7.90. The smallest absolute Gasteiger partial charge is 0.285 e. The summed E-state index contributed by atoms with van der Waals surface area (Å²) in [5.41, 5.74) is 2.89. The third-order valence-electron chi connectivity index (χ3n) is 4.30. The zero-order valence-electron chi connectivity index (χ0n) is 16.1. The van der Waals surface area contributed by atoms with Crippen LogP contribution >= 0.6 is 11.3 Å². The van der Waals surface area contributed by atoms with Gasteiger partial charge >= 0.3 is 0 Å². The van der Waals surface area contributed by atoms with E-state index in [1.165, 1.54) is 16.9 Å². The molecule has 0 N–H and O–H groups in total. The molecule has 1 aromatic carbocycles. The molecule has 0 bridgehead atoms. The van der Waals surface area contributed by atoms with Gasteiger partial charge in [0, 0.05) is 18.6 Å². The van der Waals surface area contributed by atoms with Gasteiger partial charge in [0.2, 0.25) is 4.80 Å². The van der Waals surface area contributed by atoms with Crippen LogP contribution in [0.3, 0.4) is 0 Å². The number of sulfonamides is 1. The Hall–Kier alpha value is -1.40. The summed E-state index contributed by atoms with van der Waals surface area (Å²) in [4.78, 5) is 0.868. The van der Waals surface area contributed by atoms with Gasteiger partial charge in [-0.3, -0.25) is 0 Å². The fourth-order valence-corrected chi connectivity index (χ4v) is 5.42. The molecule has 6 heteroatoms. The maximum atomic E-state index is 13.2. The number of rotatable bonds is 5. The Balaban J connectivity index is 2.85. The van der Waals surface area contributed by atoms with Crippen LogP contribution in [0.15, 0.2) is 33.0 Å². The van der Waals surface area contributed by atoms with Gasteiger partial charge in [-0.15, -0.1) is 15.7 Å². The number of benzene rings is 1. The number of nitrogens with zero attached hydrogens (tertiary/aromatic N) is 2. The monoisotopic (exact) mass is 380 g/mol. The van der Waals surface area contributed by atoms with E-state index in [1.807, 2.05) is 51.4 Å². The minimum absolute atomic E-state index is 0.105. The lowest BCUT2D eigenvalue weighted by molar-refractivity contribution is 0.590. The number of thiazole rings is 1. The van der Waals surface area contributed by atoms with Gasteiger partial charge in [-0.25, -0.2) is 0 Å². The molecule has 0 amide bonds. The Morgan fingerprint density at radius 1 is 0.960 bits per heavy atom. The van der Waals surface area contributed by atoms with Crippen molar-refractivity contribution in [3.05, 3.63) is 45.2 Å². The van der Waals surface area contributed by atoms with Crippen LogP contribution in [0.4, 0.5) is 0 Å². The third-order valence-corrected chi connectivity index (χ3v) is 6.66. The average Bonchev–Trinajstić information content (AvgIpc) is 2.90. The Bertz CT molecular complexity index is 888. The number of aromatic nitrogens is 1. The molecule has 4 nitrogen and oxygen atoms in total. The average molecular weight is 381 g/mol. The molecule has 2 aromatic rings. The van der Waals surface area contributed by atoms with Crippen LogP contribution in [0.1, 0.15) is 76.0 Å². The van der Waals surface area contributed by atoms with E-state index in [-0.39, 0.29) is 11.8 Å². The molecule has 0 atom stereocenters. The van der Waals surface area contributed by atoms with Crippen LogP contribution in [-0.2, 0) is 17.1 Å². The quantitative estimate of drug-likeness (QED) is 0.752. The van der Waals surface area contributed by atoms with Crippen molar-refractivity contribution in [3.8, 4) is 0 Å². The minimum atomic E-state index is -3.78. The molecular weight excluding hydrogens is 352 g/mol. The van der Waals surface area contributed by atoms with Crippen molar-refractivity contribution in [2.75, 3.05) is 0 Å². The summed E-state index contributed by atoms with van der Waals surface area (Å²) in [7, 11) is -1.98. The lowest BCUT2D eigenvalue weighted by Crippen LogP contribution is -2.16. The number of aryl methyl sites for hydroxylation is 1. The summed E-state index contributed by atoms with van der Waals surface area (Å²) in [5, 5.41) is 1.84. The Kier molecular flexibility index (Phi) is 5.94. The largest absolute Gasteiger partial charge is 0.326 e. The molecule has 0 unspecified atom stereocenters. The molecule has 0 saturated carbocycles. The first kappa shape index (κ1) is 19.9. The van der Waals surface area contributed by atoms with E-state index in [9.17, 15) is 8.42 Å². The van der Waals surface area contributed by atoms with E-state index in [4.69, 9.17) is 0 Å². The summed E-state index contributed by atoms with van der Waals surface area (Å²) in [5.74, 6) is 0.556. The van der Waals surface area contributed by atoms with Crippen LogP contribution in [-0.4, -0.2) is 13.0 Å². The van der Waals surface area contributed by atoms with E-state index in [0.29, 0.717) is 15.6 Å². The second-order valence-corrected chi connectivity index (χ2v) is 9.77. The summed E-state index contributed by atoms with van der Waals surface area (Å²) in [6.45, 7) is 12.4. The molecule has 0 saturated heterocycles. The normalized spacial score (nSPS) is 13.4. The predicted molar refractivity (Wildman–Crippen MR) is 105 cm³/mol. The fraction of sp³-hybridized carbons (Fsp3) is 0.526. The van der Waals surface area contributed by atoms with Gasteiger partial charge in [0.05, 0.1) is 4.90 Å². The van der Waals surface area contributed by atoms with E-state index >= 15 is 0 Å². The minimum Gasteiger partial charge on any atom is -0.326 e. The maximum absolute atomic E-state index is 13.2.